The van der Waals surface area contributed by atoms with Crippen LogP contribution in [0.2, 0.25) is 0 Å². The molecule has 10 rings (SSSR count). The summed E-state index contributed by atoms with van der Waals surface area (Å²) in [5.74, 6) is 0.648. The second-order valence-corrected chi connectivity index (χ2v) is 21.5. The Bertz CT molecular complexity index is 3220. The molecule has 0 aliphatic heterocycles. The third-order valence-electron chi connectivity index (χ3n) is 15.5. The van der Waals surface area contributed by atoms with E-state index in [1.807, 2.05) is 60.9 Å². The number of phenols is 2. The molecule has 4 heterocycles. The van der Waals surface area contributed by atoms with E-state index in [0.717, 1.165) is 145 Å². The fourth-order valence-electron chi connectivity index (χ4n) is 11.5. The van der Waals surface area contributed by atoms with Crippen LogP contribution in [-0.4, -0.2) is 30.1 Å². The zero-order valence-electron chi connectivity index (χ0n) is 45.0. The minimum absolute atomic E-state index is 0. The third kappa shape index (κ3) is 11.4. The van der Waals surface area contributed by atoms with Crippen molar-refractivity contribution in [2.75, 3.05) is 0 Å². The first-order valence-corrected chi connectivity index (χ1v) is 27.0. The summed E-state index contributed by atoms with van der Waals surface area (Å²) in [6.07, 6.45) is 17.2. The summed E-state index contributed by atoms with van der Waals surface area (Å²) in [6, 6.07) is 48.6. The van der Waals surface area contributed by atoms with Gasteiger partial charge in [0.2, 0.25) is 0 Å². The van der Waals surface area contributed by atoms with Gasteiger partial charge in [0.1, 0.15) is 11.5 Å². The second kappa shape index (κ2) is 24.6. The maximum Gasteiger partial charge on any atom is 0.125 e. The van der Waals surface area contributed by atoms with Gasteiger partial charge in [-0.25, -0.2) is 0 Å². The van der Waals surface area contributed by atoms with Crippen molar-refractivity contribution in [3.05, 3.63) is 179 Å². The maximum absolute atomic E-state index is 11.1. The van der Waals surface area contributed by atoms with Crippen LogP contribution in [0.25, 0.3) is 67.5 Å². The van der Waals surface area contributed by atoms with E-state index >= 15 is 0 Å². The van der Waals surface area contributed by atoms with Gasteiger partial charge in [-0.05, 0) is 84.5 Å². The maximum atomic E-state index is 11.1. The molecule has 2 aliphatic rings. The van der Waals surface area contributed by atoms with Crippen LogP contribution in [0, 0.1) is 19.1 Å². The van der Waals surface area contributed by atoms with E-state index in [1.165, 1.54) is 33.4 Å². The van der Waals surface area contributed by atoms with Crippen LogP contribution < -0.4 is 0 Å². The molecule has 0 amide bonds. The van der Waals surface area contributed by atoms with Crippen molar-refractivity contribution < 1.29 is 51.1 Å². The number of benzene rings is 4. The molecule has 6 nitrogen and oxygen atoms in total. The zero-order chi connectivity index (χ0) is 51.3. The van der Waals surface area contributed by atoms with Crippen molar-refractivity contribution in [3.63, 3.8) is 0 Å². The van der Waals surface area contributed by atoms with E-state index in [1.54, 1.807) is 12.1 Å². The number of phenolic OH excluding ortho intramolecular Hbond substituents is 2. The van der Waals surface area contributed by atoms with E-state index in [4.69, 9.17) is 9.97 Å². The first-order chi connectivity index (χ1) is 35.3. The van der Waals surface area contributed by atoms with Crippen LogP contribution in [0.15, 0.2) is 134 Å². The van der Waals surface area contributed by atoms with Crippen LogP contribution in [0.5, 0.6) is 11.5 Å². The molecule has 2 aliphatic carbocycles. The molecule has 0 saturated carbocycles. The van der Waals surface area contributed by atoms with Gasteiger partial charge in [-0.2, -0.15) is 0 Å². The van der Waals surface area contributed by atoms with Gasteiger partial charge in [0.15, 0.2) is 0 Å². The van der Waals surface area contributed by atoms with Crippen LogP contribution >= 0.6 is 0 Å². The Morgan fingerprint density at radius 1 is 0.453 bits per heavy atom. The SMILES string of the molecule is CCCCC1(CCCC)c2ccc(-c3[c-]c(-c4cc(C)ccn4)ccc3)nc2-c2c(O)cccc21.CCCCC1(CCCC)c2ccc(-c3[c-]c(-c4ccccn4)cc(C(C)(C)C)c3)nc2-c2c(O)cccc21.[Pd].[Pd]. The average molecular weight is 1180 g/mol. The van der Waals surface area contributed by atoms with E-state index < -0.39 is 0 Å². The van der Waals surface area contributed by atoms with E-state index in [0.29, 0.717) is 11.5 Å². The molecule has 0 radical (unpaired) electrons. The number of nitrogens with zero attached hydrogens (tertiary/aromatic N) is 4. The third-order valence-corrected chi connectivity index (χ3v) is 15.5. The normalized spacial score (nSPS) is 13.3. The van der Waals surface area contributed by atoms with Gasteiger partial charge in [0.05, 0.1) is 11.4 Å². The molecule has 394 valence electrons. The summed E-state index contributed by atoms with van der Waals surface area (Å²) < 4.78 is 0. The van der Waals surface area contributed by atoms with Gasteiger partial charge in [-0.3, -0.25) is 19.9 Å². The van der Waals surface area contributed by atoms with Gasteiger partial charge in [0, 0.05) is 98.0 Å². The van der Waals surface area contributed by atoms with Gasteiger partial charge in [-0.15, -0.1) is 48.0 Å². The van der Waals surface area contributed by atoms with Crippen LogP contribution in [0.4, 0.5) is 0 Å². The Hall–Kier alpha value is -5.60. The molecule has 0 unspecified atom stereocenters. The molecule has 75 heavy (non-hydrogen) atoms. The smallest absolute Gasteiger partial charge is 0.125 e. The molecule has 2 N–H and O–H groups in total. The Kier molecular flexibility index (Phi) is 18.7. The van der Waals surface area contributed by atoms with Crippen molar-refractivity contribution in [3.8, 4) is 79.0 Å². The standard InChI is InChI=1S/C35H39N2O.C32H33N2O.2Pd/c1-6-8-18-35(19-9-7-2)27-13-12-15-31(38)32(27)33-28(35)16-17-30(37-33)25-21-24(29-14-10-11-20-36-29)22-26(23-25)34(3,4)5;1-4-6-17-32(18-7-5-2)25-12-9-13-29(35)30(25)31-26(32)14-15-27(34-31)23-10-8-11-24(21-23)28-20-22(3)16-19-33-28;;/h10-17,20,22-23,38H,6-9,18-19H2,1-5H3;8-16,19-20,35H,4-7,17-18H2,1-3H3;;/q2*-1;;. The zero-order valence-corrected chi connectivity index (χ0v) is 48.1. The summed E-state index contributed by atoms with van der Waals surface area (Å²) in [6.45, 7) is 17.8. The van der Waals surface area contributed by atoms with Gasteiger partial charge in [0.25, 0.3) is 0 Å². The van der Waals surface area contributed by atoms with E-state index in [2.05, 4.69) is 138 Å². The van der Waals surface area contributed by atoms with E-state index in [9.17, 15) is 10.2 Å². The molecule has 4 aromatic heterocycles. The number of fused-ring (bicyclic) bond motifs is 6. The topological polar surface area (TPSA) is 92.0 Å². The minimum atomic E-state index is -0.100. The largest absolute Gasteiger partial charge is 0.507 e. The van der Waals surface area contributed by atoms with Crippen molar-refractivity contribution in [2.24, 2.45) is 0 Å². The van der Waals surface area contributed by atoms with E-state index in [-0.39, 0.29) is 57.1 Å². The molecular weight excluding hydrogens is 1110 g/mol. The van der Waals surface area contributed by atoms with Gasteiger partial charge >= 0.3 is 0 Å². The molecule has 8 heteroatoms. The first-order valence-electron chi connectivity index (χ1n) is 27.0. The van der Waals surface area contributed by atoms with Crippen molar-refractivity contribution in [1.29, 1.82) is 0 Å². The summed E-state index contributed by atoms with van der Waals surface area (Å²) in [5.41, 5.74) is 18.2. The Labute approximate surface area is 474 Å². The molecule has 0 bridgehead atoms. The number of aromatic hydroxyl groups is 2. The minimum Gasteiger partial charge on any atom is -0.507 e. The van der Waals surface area contributed by atoms with Gasteiger partial charge in [-0.1, -0.05) is 194 Å². The predicted molar refractivity (Wildman–Crippen MR) is 301 cm³/mol. The Morgan fingerprint density at radius 3 is 1.37 bits per heavy atom. The molecule has 4 aromatic carbocycles. The van der Waals surface area contributed by atoms with Crippen LogP contribution in [-0.2, 0) is 57.1 Å². The summed E-state index contributed by atoms with van der Waals surface area (Å²) in [4.78, 5) is 19.6. The molecule has 0 saturated heterocycles. The number of aryl methyl sites for hydroxylation is 1. The van der Waals surface area contributed by atoms with Crippen molar-refractivity contribution >= 4 is 0 Å². The monoisotopic (exact) mass is 1180 g/mol. The Balaban J connectivity index is 0.000000214. The number of aromatic nitrogens is 4. The number of rotatable bonds is 16. The molecule has 0 spiro atoms. The average Bonchev–Trinajstić information content (AvgIpc) is 3.90. The quantitative estimate of drug-likeness (QED) is 0.0740. The molecule has 8 aromatic rings. The molecular formula is C67H72N4O2Pd2-2. The summed E-state index contributed by atoms with van der Waals surface area (Å²) in [5, 5.41) is 22.1. The number of hydrogen-bond acceptors (Lipinski definition) is 6. The van der Waals surface area contributed by atoms with Crippen molar-refractivity contribution in [1.82, 2.24) is 19.9 Å². The summed E-state index contributed by atoms with van der Waals surface area (Å²) in [7, 11) is 0. The predicted octanol–water partition coefficient (Wildman–Crippen LogP) is 17.5. The van der Waals surface area contributed by atoms with Gasteiger partial charge < -0.3 is 10.2 Å². The fourth-order valence-corrected chi connectivity index (χ4v) is 11.5. The molecule has 0 fully saturated rings. The number of hydrogen-bond donors (Lipinski definition) is 2. The second-order valence-electron chi connectivity index (χ2n) is 21.5. The molecule has 0 atom stereocenters. The van der Waals surface area contributed by atoms with Crippen molar-refractivity contribution in [2.45, 2.75) is 149 Å². The number of unbranched alkanes of at least 4 members (excludes halogenated alkanes) is 4. The Morgan fingerprint density at radius 2 is 0.907 bits per heavy atom. The first kappa shape index (κ1) is 57.1. The summed E-state index contributed by atoms with van der Waals surface area (Å²) >= 11 is 0. The number of pyridine rings is 4. The van der Waals surface area contributed by atoms with Crippen LogP contribution in [0.3, 0.4) is 0 Å². The van der Waals surface area contributed by atoms with Crippen LogP contribution in [0.1, 0.15) is 159 Å². The fraction of sp³-hybridized carbons (Fsp3) is 0.343.